The van der Waals surface area contributed by atoms with Gasteiger partial charge in [0.25, 0.3) is 5.69 Å². The molecule has 0 bridgehead atoms. The summed E-state index contributed by atoms with van der Waals surface area (Å²) in [6, 6.07) is 13.9. The van der Waals surface area contributed by atoms with Crippen LogP contribution in [0, 0.1) is 10.1 Å². The molecule has 0 atom stereocenters. The van der Waals surface area contributed by atoms with Crippen molar-refractivity contribution in [3.8, 4) is 5.75 Å². The first-order valence-electron chi connectivity index (χ1n) is 8.57. The molecule has 28 heavy (non-hydrogen) atoms. The van der Waals surface area contributed by atoms with Crippen molar-refractivity contribution in [1.29, 1.82) is 0 Å². The van der Waals surface area contributed by atoms with E-state index in [1.165, 1.54) is 23.9 Å². The fourth-order valence-electron chi connectivity index (χ4n) is 2.33. The number of hydrogen-bond acceptors (Lipinski definition) is 7. The maximum absolute atomic E-state index is 11.9. The Bertz CT molecular complexity index is 855. The van der Waals surface area contributed by atoms with Crippen molar-refractivity contribution in [3.63, 3.8) is 0 Å². The molecule has 1 fully saturated rings. The number of non-ortho nitro benzene ring substituents is 1. The van der Waals surface area contributed by atoms with Gasteiger partial charge in [0, 0.05) is 29.4 Å². The number of hydrazone groups is 1. The third-order valence-corrected chi connectivity index (χ3v) is 6.04. The van der Waals surface area contributed by atoms with Crippen molar-refractivity contribution in [1.82, 2.24) is 5.43 Å². The monoisotopic (exact) mass is 417 g/mol. The summed E-state index contributed by atoms with van der Waals surface area (Å²) in [6.07, 6.45) is 1.87. The first kappa shape index (κ1) is 20.2. The van der Waals surface area contributed by atoms with Gasteiger partial charge in [-0.25, -0.2) is 5.43 Å². The van der Waals surface area contributed by atoms with Crippen LogP contribution < -0.4 is 10.2 Å². The minimum Gasteiger partial charge on any atom is -0.489 e. The Balaban J connectivity index is 1.39. The average Bonchev–Trinajstić information content (AvgIpc) is 2.65. The van der Waals surface area contributed by atoms with Gasteiger partial charge in [0.05, 0.1) is 16.9 Å². The van der Waals surface area contributed by atoms with Crippen LogP contribution in [0.4, 0.5) is 5.69 Å². The quantitative estimate of drug-likeness (QED) is 0.381. The van der Waals surface area contributed by atoms with Gasteiger partial charge in [0.15, 0.2) is 0 Å². The molecule has 1 aliphatic heterocycles. The first-order valence-corrected chi connectivity index (χ1v) is 10.9. The number of nitro groups is 1. The van der Waals surface area contributed by atoms with Gasteiger partial charge < -0.3 is 4.74 Å². The number of nitrogens with one attached hydrogen (secondary N) is 1. The van der Waals surface area contributed by atoms with Crippen LogP contribution in [0.2, 0.25) is 0 Å². The second-order valence-electron chi connectivity index (χ2n) is 6.06. The summed E-state index contributed by atoms with van der Waals surface area (Å²) in [5.41, 5.74) is 4.33. The predicted molar refractivity (Wildman–Crippen MR) is 113 cm³/mol. The normalized spacial score (nSPS) is 13.9. The van der Waals surface area contributed by atoms with E-state index in [-0.39, 0.29) is 23.5 Å². The van der Waals surface area contributed by atoms with Crippen molar-refractivity contribution in [2.24, 2.45) is 5.10 Å². The zero-order valence-electron chi connectivity index (χ0n) is 14.9. The first-order chi connectivity index (χ1) is 13.6. The lowest BCUT2D eigenvalue weighted by Crippen LogP contribution is -2.31. The maximum atomic E-state index is 11.9. The van der Waals surface area contributed by atoms with E-state index in [2.05, 4.69) is 10.5 Å². The average molecular weight is 418 g/mol. The number of rotatable bonds is 9. The molecule has 0 spiro atoms. The Hall–Kier alpha value is -2.52. The van der Waals surface area contributed by atoms with E-state index in [1.807, 2.05) is 36.0 Å². The summed E-state index contributed by atoms with van der Waals surface area (Å²) in [7, 11) is 0. The molecule has 9 heteroatoms. The predicted octanol–water partition coefficient (Wildman–Crippen LogP) is 3.47. The van der Waals surface area contributed by atoms with Gasteiger partial charge in [-0.05, 0) is 23.3 Å². The van der Waals surface area contributed by atoms with Crippen molar-refractivity contribution in [2.75, 3.05) is 17.3 Å². The third kappa shape index (κ3) is 6.28. The van der Waals surface area contributed by atoms with Crippen LogP contribution in [0.3, 0.4) is 0 Å². The lowest BCUT2D eigenvalue weighted by Gasteiger charge is -2.25. The molecule has 1 aliphatic rings. The largest absolute Gasteiger partial charge is 0.489 e. The molecule has 0 aliphatic carbocycles. The summed E-state index contributed by atoms with van der Waals surface area (Å²) in [5.74, 6) is 3.48. The van der Waals surface area contributed by atoms with E-state index in [0.717, 1.165) is 28.4 Å². The van der Waals surface area contributed by atoms with E-state index >= 15 is 0 Å². The van der Waals surface area contributed by atoms with Crippen molar-refractivity contribution in [3.05, 3.63) is 69.8 Å². The number of benzene rings is 2. The number of carbonyl (C=O) groups excluding carboxylic acids is 1. The number of nitrogens with zero attached hydrogens (tertiary/aromatic N) is 2. The van der Waals surface area contributed by atoms with E-state index in [4.69, 9.17) is 4.74 Å². The van der Waals surface area contributed by atoms with Crippen LogP contribution in [0.5, 0.6) is 5.75 Å². The van der Waals surface area contributed by atoms with Crippen LogP contribution >= 0.6 is 23.5 Å². The number of thioether (sulfide) groups is 2. The zero-order chi connectivity index (χ0) is 19.8. The second kappa shape index (κ2) is 10.1. The van der Waals surface area contributed by atoms with E-state index in [1.54, 1.807) is 18.3 Å². The SMILES string of the molecule is O=C(CSCc1ccc([N+](=O)[O-])cc1)N/N=C/c1cccc(OC2CSC2)c1. The van der Waals surface area contributed by atoms with Crippen molar-refractivity contribution < 1.29 is 14.5 Å². The maximum Gasteiger partial charge on any atom is 0.269 e. The molecular formula is C19H19N3O4S2. The Morgan fingerprint density at radius 1 is 1.32 bits per heavy atom. The van der Waals surface area contributed by atoms with Gasteiger partial charge >= 0.3 is 0 Å². The van der Waals surface area contributed by atoms with Crippen LogP contribution in [-0.2, 0) is 10.5 Å². The fourth-order valence-corrected chi connectivity index (χ4v) is 3.67. The van der Waals surface area contributed by atoms with Crippen LogP contribution in [0.25, 0.3) is 0 Å². The summed E-state index contributed by atoms with van der Waals surface area (Å²) in [5, 5.41) is 14.6. The molecule has 1 saturated heterocycles. The molecule has 0 unspecified atom stereocenters. The summed E-state index contributed by atoms with van der Waals surface area (Å²) in [4.78, 5) is 22.1. The second-order valence-corrected chi connectivity index (χ2v) is 8.12. The molecular weight excluding hydrogens is 398 g/mol. The molecule has 0 saturated carbocycles. The lowest BCUT2D eigenvalue weighted by molar-refractivity contribution is -0.384. The molecule has 1 heterocycles. The molecule has 3 rings (SSSR count). The van der Waals surface area contributed by atoms with Crippen LogP contribution in [0.1, 0.15) is 11.1 Å². The molecule has 7 nitrogen and oxygen atoms in total. The summed E-state index contributed by atoms with van der Waals surface area (Å²) >= 11 is 3.28. The molecule has 146 valence electrons. The molecule has 2 aromatic rings. The van der Waals surface area contributed by atoms with Gasteiger partial charge in [-0.1, -0.05) is 24.3 Å². The molecule has 2 aromatic carbocycles. The standard InChI is InChI=1S/C19H19N3O4S2/c23-19(13-27-10-14-4-6-16(7-5-14)22(24)25)21-20-9-15-2-1-3-17(8-15)26-18-11-28-12-18/h1-9,18H,10-13H2,(H,21,23)/b20-9+. The van der Waals surface area contributed by atoms with Gasteiger partial charge in [-0.3, -0.25) is 14.9 Å². The number of carbonyl (C=O) groups is 1. The van der Waals surface area contributed by atoms with Crippen molar-refractivity contribution >= 4 is 41.3 Å². The highest BCUT2D eigenvalue weighted by atomic mass is 32.2. The third-order valence-electron chi connectivity index (χ3n) is 3.82. The fraction of sp³-hybridized carbons (Fsp3) is 0.263. The zero-order valence-corrected chi connectivity index (χ0v) is 16.6. The van der Waals surface area contributed by atoms with Gasteiger partial charge in [0.1, 0.15) is 11.9 Å². The van der Waals surface area contributed by atoms with Gasteiger partial charge in [-0.15, -0.1) is 11.8 Å². The summed E-state index contributed by atoms with van der Waals surface area (Å²) in [6.45, 7) is 0. The van der Waals surface area contributed by atoms with E-state index in [0.29, 0.717) is 5.75 Å². The van der Waals surface area contributed by atoms with Crippen molar-refractivity contribution in [2.45, 2.75) is 11.9 Å². The molecule has 0 aromatic heterocycles. The van der Waals surface area contributed by atoms with Gasteiger partial charge in [0.2, 0.25) is 5.91 Å². The number of nitro benzene ring substituents is 1. The highest BCUT2D eigenvalue weighted by molar-refractivity contribution is 8.00. The Morgan fingerprint density at radius 2 is 2.11 bits per heavy atom. The molecule has 0 radical (unpaired) electrons. The topological polar surface area (TPSA) is 93.8 Å². The Morgan fingerprint density at radius 3 is 2.79 bits per heavy atom. The summed E-state index contributed by atoms with van der Waals surface area (Å²) < 4.78 is 5.82. The van der Waals surface area contributed by atoms with Crippen LogP contribution in [0.15, 0.2) is 53.6 Å². The van der Waals surface area contributed by atoms with Gasteiger partial charge in [-0.2, -0.15) is 16.9 Å². The minimum atomic E-state index is -0.434. The smallest absolute Gasteiger partial charge is 0.269 e. The van der Waals surface area contributed by atoms with E-state index < -0.39 is 4.92 Å². The number of ether oxygens (including phenoxy) is 1. The molecule has 1 amide bonds. The Kier molecular flexibility index (Phi) is 7.32. The van der Waals surface area contributed by atoms with E-state index in [9.17, 15) is 14.9 Å². The highest BCUT2D eigenvalue weighted by Gasteiger charge is 2.19. The Labute approximate surface area is 171 Å². The molecule has 1 N–H and O–H groups in total. The number of amides is 1. The highest BCUT2D eigenvalue weighted by Crippen LogP contribution is 2.24. The van der Waals surface area contributed by atoms with Crippen LogP contribution in [-0.4, -0.2) is 40.4 Å². The lowest BCUT2D eigenvalue weighted by atomic mass is 10.2. The minimum absolute atomic E-state index is 0.0573. The number of hydrogen-bond donors (Lipinski definition) is 1.